The number of nitrogens with zero attached hydrogens (tertiary/aromatic N) is 1. The summed E-state index contributed by atoms with van der Waals surface area (Å²) < 4.78 is 26.9. The van der Waals surface area contributed by atoms with E-state index >= 15 is 0 Å². The predicted octanol–water partition coefficient (Wildman–Crippen LogP) is 1.39. The van der Waals surface area contributed by atoms with Crippen LogP contribution in [0.3, 0.4) is 0 Å². The van der Waals surface area contributed by atoms with Crippen molar-refractivity contribution in [2.75, 3.05) is 6.54 Å². The van der Waals surface area contributed by atoms with E-state index in [1.54, 1.807) is 6.92 Å². The van der Waals surface area contributed by atoms with Gasteiger partial charge in [-0.3, -0.25) is 0 Å². The first-order chi connectivity index (χ1) is 8.41. The Balaban J connectivity index is 2.01. The molecule has 0 atom stereocenters. The standard InChI is InChI=1S/C11H19N3O2S2/c1-9-13-7-10(17-9)18(15,16)14-8-11(12)5-3-2-4-6-11/h7,14H,2-6,8,12H2,1H3. The molecule has 0 unspecified atom stereocenters. The molecule has 1 fully saturated rings. The number of hydrogen-bond donors (Lipinski definition) is 2. The Kier molecular flexibility index (Phi) is 4.05. The van der Waals surface area contributed by atoms with Crippen molar-refractivity contribution < 1.29 is 8.42 Å². The molecule has 1 aliphatic rings. The summed E-state index contributed by atoms with van der Waals surface area (Å²) in [6, 6.07) is 0. The number of thiazole rings is 1. The molecule has 102 valence electrons. The van der Waals surface area contributed by atoms with Crippen LogP contribution in [0.1, 0.15) is 37.1 Å². The number of nitrogens with one attached hydrogen (secondary N) is 1. The molecule has 0 aliphatic heterocycles. The molecular weight excluding hydrogens is 270 g/mol. The van der Waals surface area contributed by atoms with Crippen molar-refractivity contribution in [1.82, 2.24) is 9.71 Å². The topological polar surface area (TPSA) is 85.1 Å². The highest BCUT2D eigenvalue weighted by molar-refractivity contribution is 7.91. The lowest BCUT2D eigenvalue weighted by molar-refractivity contribution is 0.296. The summed E-state index contributed by atoms with van der Waals surface area (Å²) in [7, 11) is -3.45. The van der Waals surface area contributed by atoms with Crippen molar-refractivity contribution in [2.45, 2.75) is 48.8 Å². The van der Waals surface area contributed by atoms with Gasteiger partial charge in [-0.15, -0.1) is 11.3 Å². The van der Waals surface area contributed by atoms with Gasteiger partial charge >= 0.3 is 0 Å². The quantitative estimate of drug-likeness (QED) is 0.877. The maximum Gasteiger partial charge on any atom is 0.251 e. The summed E-state index contributed by atoms with van der Waals surface area (Å²) in [5.41, 5.74) is 5.83. The minimum absolute atomic E-state index is 0.263. The van der Waals surface area contributed by atoms with E-state index in [1.165, 1.54) is 24.0 Å². The normalized spacial score (nSPS) is 19.9. The van der Waals surface area contributed by atoms with Crippen molar-refractivity contribution in [3.63, 3.8) is 0 Å². The third-order valence-electron chi connectivity index (χ3n) is 3.33. The number of sulfonamides is 1. The highest BCUT2D eigenvalue weighted by Crippen LogP contribution is 2.26. The van der Waals surface area contributed by atoms with Crippen molar-refractivity contribution in [3.05, 3.63) is 11.2 Å². The molecule has 1 heterocycles. The van der Waals surface area contributed by atoms with Gasteiger partial charge in [-0.2, -0.15) is 0 Å². The summed E-state index contributed by atoms with van der Waals surface area (Å²) in [6.45, 7) is 2.10. The fraction of sp³-hybridized carbons (Fsp3) is 0.727. The van der Waals surface area contributed by atoms with Crippen LogP contribution in [0.15, 0.2) is 10.4 Å². The van der Waals surface area contributed by atoms with Crippen molar-refractivity contribution in [2.24, 2.45) is 5.73 Å². The zero-order valence-corrected chi connectivity index (χ0v) is 12.1. The Morgan fingerprint density at radius 1 is 1.44 bits per heavy atom. The first-order valence-corrected chi connectivity index (χ1v) is 8.42. The van der Waals surface area contributed by atoms with Gasteiger partial charge in [-0.1, -0.05) is 19.3 Å². The maximum absolute atomic E-state index is 12.0. The van der Waals surface area contributed by atoms with Crippen LogP contribution < -0.4 is 10.5 Å². The average Bonchev–Trinajstić information content (AvgIpc) is 2.76. The number of aromatic nitrogens is 1. The highest BCUT2D eigenvalue weighted by atomic mass is 32.2. The van der Waals surface area contributed by atoms with Gasteiger partial charge in [0.25, 0.3) is 10.0 Å². The first-order valence-electron chi connectivity index (χ1n) is 6.12. The Hall–Kier alpha value is -0.500. The fourth-order valence-electron chi connectivity index (χ4n) is 2.21. The van der Waals surface area contributed by atoms with Crippen LogP contribution >= 0.6 is 11.3 Å². The third kappa shape index (κ3) is 3.28. The third-order valence-corrected chi connectivity index (χ3v) is 6.10. The van der Waals surface area contributed by atoms with Gasteiger partial charge in [0, 0.05) is 12.1 Å². The van der Waals surface area contributed by atoms with Gasteiger partial charge in [0.1, 0.15) is 0 Å². The van der Waals surface area contributed by atoms with Crippen molar-refractivity contribution in [3.8, 4) is 0 Å². The van der Waals surface area contributed by atoms with Gasteiger partial charge in [0.15, 0.2) is 4.21 Å². The maximum atomic E-state index is 12.0. The van der Waals surface area contributed by atoms with Crippen molar-refractivity contribution in [1.29, 1.82) is 0 Å². The molecule has 0 amide bonds. The average molecular weight is 289 g/mol. The number of nitrogens with two attached hydrogens (primary N) is 1. The van der Waals surface area contributed by atoms with Crippen LogP contribution in [0.2, 0.25) is 0 Å². The second kappa shape index (κ2) is 5.24. The van der Waals surface area contributed by atoms with Gasteiger partial charge in [0.05, 0.1) is 11.2 Å². The van der Waals surface area contributed by atoms with Crippen LogP contribution in [-0.2, 0) is 10.0 Å². The van der Waals surface area contributed by atoms with E-state index in [0.717, 1.165) is 30.7 Å². The van der Waals surface area contributed by atoms with E-state index in [2.05, 4.69) is 9.71 Å². The van der Waals surface area contributed by atoms with E-state index < -0.39 is 10.0 Å². The largest absolute Gasteiger partial charge is 0.324 e. The Morgan fingerprint density at radius 3 is 2.67 bits per heavy atom. The Morgan fingerprint density at radius 2 is 2.11 bits per heavy atom. The van der Waals surface area contributed by atoms with E-state index in [9.17, 15) is 8.42 Å². The number of rotatable bonds is 4. The second-order valence-corrected chi connectivity index (χ2v) is 8.17. The summed E-state index contributed by atoms with van der Waals surface area (Å²) in [4.78, 5) is 3.96. The van der Waals surface area contributed by atoms with Crippen LogP contribution in [0.25, 0.3) is 0 Å². The molecule has 18 heavy (non-hydrogen) atoms. The molecule has 1 saturated carbocycles. The smallest absolute Gasteiger partial charge is 0.251 e. The summed E-state index contributed by atoms with van der Waals surface area (Å²) in [6.07, 6.45) is 6.52. The lowest BCUT2D eigenvalue weighted by Gasteiger charge is -2.33. The highest BCUT2D eigenvalue weighted by Gasteiger charge is 2.29. The van der Waals surface area contributed by atoms with Gasteiger partial charge in [-0.05, 0) is 19.8 Å². The zero-order valence-electron chi connectivity index (χ0n) is 10.5. The molecule has 0 aromatic carbocycles. The monoisotopic (exact) mass is 289 g/mol. The van der Waals surface area contributed by atoms with Crippen molar-refractivity contribution >= 4 is 21.4 Å². The SMILES string of the molecule is Cc1ncc(S(=O)(=O)NCC2(N)CCCCC2)s1. The van der Waals surface area contributed by atoms with Crippen LogP contribution in [-0.4, -0.2) is 25.5 Å². The lowest BCUT2D eigenvalue weighted by Crippen LogP contribution is -2.51. The van der Waals surface area contributed by atoms with Crippen LogP contribution in [0.5, 0.6) is 0 Å². The van der Waals surface area contributed by atoms with Crippen LogP contribution in [0, 0.1) is 6.92 Å². The Bertz CT molecular complexity index is 504. The van der Waals surface area contributed by atoms with E-state index in [-0.39, 0.29) is 9.75 Å². The molecule has 2 rings (SSSR count). The number of aryl methyl sites for hydroxylation is 1. The minimum Gasteiger partial charge on any atom is -0.324 e. The zero-order chi connectivity index (χ0) is 13.2. The van der Waals surface area contributed by atoms with Gasteiger partial charge in [0.2, 0.25) is 0 Å². The molecule has 1 aromatic heterocycles. The summed E-state index contributed by atoms with van der Waals surface area (Å²) in [5, 5.41) is 0.746. The van der Waals surface area contributed by atoms with Gasteiger partial charge in [-0.25, -0.2) is 18.1 Å². The van der Waals surface area contributed by atoms with Gasteiger partial charge < -0.3 is 5.73 Å². The molecule has 1 aromatic rings. The first kappa shape index (κ1) is 13.9. The van der Waals surface area contributed by atoms with Crippen LogP contribution in [0.4, 0.5) is 0 Å². The Labute approximate surface area is 112 Å². The molecule has 5 nitrogen and oxygen atoms in total. The molecule has 0 spiro atoms. The van der Waals surface area contributed by atoms with E-state index in [1.807, 2.05) is 0 Å². The minimum atomic E-state index is -3.45. The molecule has 1 aliphatic carbocycles. The predicted molar refractivity (Wildman–Crippen MR) is 72.0 cm³/mol. The van der Waals surface area contributed by atoms with E-state index in [4.69, 9.17) is 5.73 Å². The molecule has 7 heteroatoms. The second-order valence-electron chi connectivity index (χ2n) is 4.95. The molecular formula is C11H19N3O2S2. The molecule has 0 bridgehead atoms. The lowest BCUT2D eigenvalue weighted by atomic mass is 9.83. The van der Waals surface area contributed by atoms with E-state index in [0.29, 0.717) is 6.54 Å². The number of hydrogen-bond acceptors (Lipinski definition) is 5. The molecule has 0 radical (unpaired) electrons. The fourth-order valence-corrected chi connectivity index (χ4v) is 4.50. The molecule has 0 saturated heterocycles. The summed E-state index contributed by atoms with van der Waals surface area (Å²) in [5.74, 6) is 0. The summed E-state index contributed by atoms with van der Waals surface area (Å²) >= 11 is 1.18. The molecule has 3 N–H and O–H groups in total.